The molecule has 0 amide bonds. The van der Waals surface area contributed by atoms with E-state index in [0.29, 0.717) is 6.04 Å². The largest absolute Gasteiger partial charge is 0.313 e. The fourth-order valence-electron chi connectivity index (χ4n) is 3.24. The molecular formula is C18H27N3. The summed E-state index contributed by atoms with van der Waals surface area (Å²) in [6, 6.07) is 4.84. The van der Waals surface area contributed by atoms with Gasteiger partial charge >= 0.3 is 0 Å². The predicted octanol–water partition coefficient (Wildman–Crippen LogP) is 3.75. The molecule has 0 aliphatic heterocycles. The van der Waals surface area contributed by atoms with Crippen LogP contribution >= 0.6 is 0 Å². The number of benzene rings is 1. The molecule has 0 saturated heterocycles. The van der Waals surface area contributed by atoms with Crippen LogP contribution < -0.4 is 5.32 Å². The van der Waals surface area contributed by atoms with Gasteiger partial charge in [-0.25, -0.2) is 0 Å². The van der Waals surface area contributed by atoms with Gasteiger partial charge in [0.05, 0.1) is 12.2 Å². The molecule has 3 heteroatoms. The van der Waals surface area contributed by atoms with E-state index in [1.54, 1.807) is 0 Å². The molecule has 2 rings (SSSR count). The molecule has 0 saturated carbocycles. The van der Waals surface area contributed by atoms with E-state index in [-0.39, 0.29) is 0 Å². The van der Waals surface area contributed by atoms with Crippen molar-refractivity contribution in [2.45, 2.75) is 54.1 Å². The highest BCUT2D eigenvalue weighted by Crippen LogP contribution is 2.23. The van der Waals surface area contributed by atoms with Crippen LogP contribution in [0.2, 0.25) is 0 Å². The summed E-state index contributed by atoms with van der Waals surface area (Å²) in [4.78, 5) is 0. The summed E-state index contributed by atoms with van der Waals surface area (Å²) in [5, 5.41) is 8.07. The molecular weight excluding hydrogens is 258 g/mol. The van der Waals surface area contributed by atoms with E-state index in [2.05, 4.69) is 63.7 Å². The predicted molar refractivity (Wildman–Crippen MR) is 88.9 cm³/mol. The van der Waals surface area contributed by atoms with Gasteiger partial charge in [0, 0.05) is 17.3 Å². The lowest BCUT2D eigenvalue weighted by Crippen LogP contribution is -2.14. The van der Waals surface area contributed by atoms with Crippen LogP contribution in [0.3, 0.4) is 0 Å². The molecule has 0 fully saturated rings. The lowest BCUT2D eigenvalue weighted by atomic mass is 10.00. The van der Waals surface area contributed by atoms with Crippen molar-refractivity contribution >= 4 is 0 Å². The SMILES string of the molecule is CNC(C)c1c(C)nn(Cc2c(C)cc(C)cc2C)c1C. The molecule has 0 spiro atoms. The molecule has 1 aromatic carbocycles. The van der Waals surface area contributed by atoms with Crippen molar-refractivity contribution in [1.29, 1.82) is 0 Å². The Bertz CT molecular complexity index is 630. The molecule has 0 aliphatic carbocycles. The van der Waals surface area contributed by atoms with E-state index >= 15 is 0 Å². The smallest absolute Gasteiger partial charge is 0.0667 e. The van der Waals surface area contributed by atoms with Crippen molar-refractivity contribution < 1.29 is 0 Å². The van der Waals surface area contributed by atoms with Crippen molar-refractivity contribution in [3.63, 3.8) is 0 Å². The van der Waals surface area contributed by atoms with Gasteiger partial charge in [0.15, 0.2) is 0 Å². The molecule has 1 heterocycles. The zero-order chi connectivity index (χ0) is 15.7. The molecule has 114 valence electrons. The summed E-state index contributed by atoms with van der Waals surface area (Å²) in [5.74, 6) is 0. The van der Waals surface area contributed by atoms with Crippen LogP contribution in [0.25, 0.3) is 0 Å². The maximum Gasteiger partial charge on any atom is 0.0667 e. The van der Waals surface area contributed by atoms with Crippen LogP contribution in [0, 0.1) is 34.6 Å². The first-order valence-corrected chi connectivity index (χ1v) is 7.63. The molecule has 1 aromatic heterocycles. The fourth-order valence-corrected chi connectivity index (χ4v) is 3.24. The van der Waals surface area contributed by atoms with Gasteiger partial charge in [0.25, 0.3) is 0 Å². The number of nitrogens with zero attached hydrogens (tertiary/aromatic N) is 2. The first-order chi connectivity index (χ1) is 9.85. The van der Waals surface area contributed by atoms with Gasteiger partial charge in [-0.15, -0.1) is 0 Å². The Kier molecular flexibility index (Phi) is 4.52. The van der Waals surface area contributed by atoms with Crippen molar-refractivity contribution in [2.24, 2.45) is 0 Å². The number of hydrogen-bond acceptors (Lipinski definition) is 2. The summed E-state index contributed by atoms with van der Waals surface area (Å²) >= 11 is 0. The molecule has 0 radical (unpaired) electrons. The van der Waals surface area contributed by atoms with E-state index in [0.717, 1.165) is 12.2 Å². The van der Waals surface area contributed by atoms with Crippen LogP contribution in [0.4, 0.5) is 0 Å². The van der Waals surface area contributed by atoms with Gasteiger partial charge in [0.2, 0.25) is 0 Å². The third-order valence-corrected chi connectivity index (χ3v) is 4.45. The molecule has 1 unspecified atom stereocenters. The van der Waals surface area contributed by atoms with Gasteiger partial charge in [-0.3, -0.25) is 4.68 Å². The molecule has 0 bridgehead atoms. The first kappa shape index (κ1) is 15.8. The molecule has 1 N–H and O–H groups in total. The Morgan fingerprint density at radius 3 is 2.19 bits per heavy atom. The molecule has 21 heavy (non-hydrogen) atoms. The standard InChI is InChI=1S/C18H27N3/c1-11-8-12(2)17(13(3)9-11)10-21-16(6)18(14(4)19-7)15(5)20-21/h8-9,14,19H,10H2,1-7H3. The summed E-state index contributed by atoms with van der Waals surface area (Å²) in [7, 11) is 2.00. The van der Waals surface area contributed by atoms with Gasteiger partial charge in [-0.1, -0.05) is 17.7 Å². The van der Waals surface area contributed by atoms with Gasteiger partial charge < -0.3 is 5.32 Å². The maximum absolute atomic E-state index is 4.76. The highest BCUT2D eigenvalue weighted by atomic mass is 15.3. The van der Waals surface area contributed by atoms with Gasteiger partial charge in [-0.2, -0.15) is 5.10 Å². The van der Waals surface area contributed by atoms with Gasteiger partial charge in [0.1, 0.15) is 0 Å². The average molecular weight is 285 g/mol. The monoisotopic (exact) mass is 285 g/mol. The quantitative estimate of drug-likeness (QED) is 0.927. The second-order valence-electron chi connectivity index (χ2n) is 6.13. The van der Waals surface area contributed by atoms with Gasteiger partial charge in [-0.05, 0) is 65.3 Å². The number of aryl methyl sites for hydroxylation is 4. The summed E-state index contributed by atoms with van der Waals surface area (Å²) in [6.45, 7) is 13.8. The molecule has 1 atom stereocenters. The zero-order valence-electron chi connectivity index (χ0n) is 14.3. The normalized spacial score (nSPS) is 12.7. The lowest BCUT2D eigenvalue weighted by Gasteiger charge is -2.14. The van der Waals surface area contributed by atoms with Crippen LogP contribution in [0.15, 0.2) is 12.1 Å². The topological polar surface area (TPSA) is 29.9 Å². The molecule has 0 aliphatic rings. The summed E-state index contributed by atoms with van der Waals surface area (Å²) < 4.78 is 2.14. The number of hydrogen-bond donors (Lipinski definition) is 1. The van der Waals surface area contributed by atoms with Crippen LogP contribution in [-0.4, -0.2) is 16.8 Å². The Labute approximate surface area is 128 Å². The van der Waals surface area contributed by atoms with E-state index in [4.69, 9.17) is 5.10 Å². The molecule has 3 nitrogen and oxygen atoms in total. The number of rotatable bonds is 4. The van der Waals surface area contributed by atoms with E-state index in [9.17, 15) is 0 Å². The van der Waals surface area contributed by atoms with E-state index < -0.39 is 0 Å². The third kappa shape index (κ3) is 3.03. The minimum atomic E-state index is 0.332. The lowest BCUT2D eigenvalue weighted by molar-refractivity contribution is 0.631. The second-order valence-corrected chi connectivity index (χ2v) is 6.13. The van der Waals surface area contributed by atoms with E-state index in [1.807, 2.05) is 7.05 Å². The van der Waals surface area contributed by atoms with E-state index in [1.165, 1.54) is 33.5 Å². The highest BCUT2D eigenvalue weighted by molar-refractivity contribution is 5.38. The second kappa shape index (κ2) is 6.02. The maximum atomic E-state index is 4.76. The van der Waals surface area contributed by atoms with Crippen molar-refractivity contribution in [3.8, 4) is 0 Å². The fraction of sp³-hybridized carbons (Fsp3) is 0.500. The summed E-state index contributed by atoms with van der Waals surface area (Å²) in [6.07, 6.45) is 0. The van der Waals surface area contributed by atoms with Crippen molar-refractivity contribution in [3.05, 3.63) is 51.3 Å². The zero-order valence-corrected chi connectivity index (χ0v) is 14.3. The first-order valence-electron chi connectivity index (χ1n) is 7.63. The van der Waals surface area contributed by atoms with Crippen molar-refractivity contribution in [2.75, 3.05) is 7.05 Å². The Morgan fingerprint density at radius 2 is 1.67 bits per heavy atom. The van der Waals surface area contributed by atoms with Crippen LogP contribution in [-0.2, 0) is 6.54 Å². The van der Waals surface area contributed by atoms with Crippen molar-refractivity contribution in [1.82, 2.24) is 15.1 Å². The minimum Gasteiger partial charge on any atom is -0.313 e. The minimum absolute atomic E-state index is 0.332. The number of aromatic nitrogens is 2. The summed E-state index contributed by atoms with van der Waals surface area (Å²) in [5.41, 5.74) is 9.11. The van der Waals surface area contributed by atoms with Crippen LogP contribution in [0.1, 0.15) is 52.2 Å². The highest BCUT2D eigenvalue weighted by Gasteiger charge is 2.17. The molecule has 2 aromatic rings. The average Bonchev–Trinajstić information content (AvgIpc) is 2.68. The number of nitrogens with one attached hydrogen (secondary N) is 1. The Morgan fingerprint density at radius 1 is 1.10 bits per heavy atom. The third-order valence-electron chi connectivity index (χ3n) is 4.45. The Hall–Kier alpha value is -1.61. The Balaban J connectivity index is 2.42. The van der Waals surface area contributed by atoms with Crippen LogP contribution in [0.5, 0.6) is 0 Å².